The smallest absolute Gasteiger partial charge is 0.212 e. The third-order valence-corrected chi connectivity index (χ3v) is 4.90. The minimum absolute atomic E-state index is 0.00375. The van der Waals surface area contributed by atoms with Crippen LogP contribution in [0.25, 0.3) is 0 Å². The summed E-state index contributed by atoms with van der Waals surface area (Å²) in [5, 5.41) is 0. The Balaban J connectivity index is 2.84. The van der Waals surface area contributed by atoms with E-state index in [0.29, 0.717) is 30.0 Å². The molecule has 0 aromatic carbocycles. The molecule has 0 spiro atoms. The van der Waals surface area contributed by atoms with Gasteiger partial charge in [0.25, 0.3) is 0 Å². The first-order valence-corrected chi connectivity index (χ1v) is 7.46. The molecule has 0 aliphatic carbocycles. The quantitative estimate of drug-likeness (QED) is 0.789. The Morgan fingerprint density at radius 2 is 1.94 bits per heavy atom. The average molecular weight is 273 g/mol. The molecule has 1 aliphatic heterocycles. The van der Waals surface area contributed by atoms with E-state index in [-0.39, 0.29) is 18.7 Å². The van der Waals surface area contributed by atoms with E-state index in [0.717, 1.165) is 0 Å². The largest absolute Gasteiger partial charge is 0.405 e. The second-order valence-electron chi connectivity index (χ2n) is 4.33. The molecule has 0 saturated carbocycles. The van der Waals surface area contributed by atoms with Gasteiger partial charge in [0.2, 0.25) is 10.0 Å². The summed E-state index contributed by atoms with van der Waals surface area (Å²) in [6.45, 7) is 1.81. The molecule has 0 N–H and O–H groups in total. The highest BCUT2D eigenvalue weighted by molar-refractivity contribution is 7.89. The van der Waals surface area contributed by atoms with E-state index in [9.17, 15) is 21.6 Å². The molecule has 0 aromatic heterocycles. The molecule has 3 nitrogen and oxygen atoms in total. The van der Waals surface area contributed by atoms with Crippen LogP contribution in [0.4, 0.5) is 13.2 Å². The summed E-state index contributed by atoms with van der Waals surface area (Å²) in [5.41, 5.74) is 0. The first-order valence-electron chi connectivity index (χ1n) is 5.85. The minimum Gasteiger partial charge on any atom is -0.212 e. The van der Waals surface area contributed by atoms with Crippen LogP contribution in [-0.4, -0.2) is 37.2 Å². The van der Waals surface area contributed by atoms with Crippen molar-refractivity contribution in [2.75, 3.05) is 12.3 Å². The Morgan fingerprint density at radius 1 is 1.29 bits per heavy atom. The zero-order valence-electron chi connectivity index (χ0n) is 9.83. The summed E-state index contributed by atoms with van der Waals surface area (Å²) >= 11 is 0. The van der Waals surface area contributed by atoms with E-state index in [4.69, 9.17) is 0 Å². The van der Waals surface area contributed by atoms with Crippen LogP contribution in [0.2, 0.25) is 0 Å². The first kappa shape index (κ1) is 14.8. The molecular formula is C10H18F3NO2S. The molecule has 0 bridgehead atoms. The maximum absolute atomic E-state index is 12.7. The SMILES string of the molecule is CCCCS(=O)(=O)N1CCCCC1C(F)(F)F. The van der Waals surface area contributed by atoms with Gasteiger partial charge in [-0.05, 0) is 19.3 Å². The van der Waals surface area contributed by atoms with Crippen LogP contribution in [0.15, 0.2) is 0 Å². The van der Waals surface area contributed by atoms with Crippen LogP contribution in [0.5, 0.6) is 0 Å². The van der Waals surface area contributed by atoms with Crippen LogP contribution < -0.4 is 0 Å². The van der Waals surface area contributed by atoms with Crippen LogP contribution in [-0.2, 0) is 10.0 Å². The van der Waals surface area contributed by atoms with Gasteiger partial charge in [0, 0.05) is 6.54 Å². The molecule has 17 heavy (non-hydrogen) atoms. The lowest BCUT2D eigenvalue weighted by molar-refractivity contribution is -0.177. The highest BCUT2D eigenvalue weighted by Crippen LogP contribution is 2.33. The van der Waals surface area contributed by atoms with Gasteiger partial charge in [-0.1, -0.05) is 19.8 Å². The summed E-state index contributed by atoms with van der Waals surface area (Å²) in [6, 6.07) is -1.82. The van der Waals surface area contributed by atoms with Gasteiger partial charge in [-0.3, -0.25) is 0 Å². The summed E-state index contributed by atoms with van der Waals surface area (Å²) in [6.07, 6.45) is -2.57. The maximum Gasteiger partial charge on any atom is 0.405 e. The summed E-state index contributed by atoms with van der Waals surface area (Å²) in [5.74, 6) is -0.184. The van der Waals surface area contributed by atoms with E-state index in [1.807, 2.05) is 6.92 Å². The van der Waals surface area contributed by atoms with Crippen molar-refractivity contribution in [2.45, 2.75) is 51.2 Å². The van der Waals surface area contributed by atoms with E-state index < -0.39 is 22.2 Å². The van der Waals surface area contributed by atoms with Crippen molar-refractivity contribution in [1.82, 2.24) is 4.31 Å². The van der Waals surface area contributed by atoms with Gasteiger partial charge in [0.15, 0.2) is 0 Å². The molecule has 7 heteroatoms. The van der Waals surface area contributed by atoms with Crippen molar-refractivity contribution in [3.63, 3.8) is 0 Å². The lowest BCUT2D eigenvalue weighted by Crippen LogP contribution is -2.51. The predicted molar refractivity (Wildman–Crippen MR) is 59.1 cm³/mol. The third-order valence-electron chi connectivity index (χ3n) is 2.94. The van der Waals surface area contributed by atoms with Crippen molar-refractivity contribution in [3.8, 4) is 0 Å². The molecule has 1 atom stereocenters. The first-order chi connectivity index (χ1) is 7.79. The second kappa shape index (κ2) is 5.56. The van der Waals surface area contributed by atoms with Crippen LogP contribution >= 0.6 is 0 Å². The van der Waals surface area contributed by atoms with Crippen molar-refractivity contribution < 1.29 is 21.6 Å². The number of hydrogen-bond acceptors (Lipinski definition) is 2. The van der Waals surface area contributed by atoms with E-state index in [2.05, 4.69) is 0 Å². The molecule has 1 rings (SSSR count). The molecule has 1 fully saturated rings. The fourth-order valence-electron chi connectivity index (χ4n) is 2.01. The number of piperidine rings is 1. The summed E-state index contributed by atoms with van der Waals surface area (Å²) in [4.78, 5) is 0. The van der Waals surface area contributed by atoms with Crippen LogP contribution in [0.3, 0.4) is 0 Å². The molecule has 0 aromatic rings. The zero-order valence-corrected chi connectivity index (χ0v) is 10.6. The highest BCUT2D eigenvalue weighted by atomic mass is 32.2. The van der Waals surface area contributed by atoms with Crippen LogP contribution in [0.1, 0.15) is 39.0 Å². The van der Waals surface area contributed by atoms with Gasteiger partial charge in [0.1, 0.15) is 6.04 Å². The number of rotatable bonds is 4. The Kier molecular flexibility index (Phi) is 4.83. The van der Waals surface area contributed by atoms with Crippen LogP contribution in [0, 0.1) is 0 Å². The number of hydrogen-bond donors (Lipinski definition) is 0. The molecule has 1 unspecified atom stereocenters. The second-order valence-corrected chi connectivity index (χ2v) is 6.37. The van der Waals surface area contributed by atoms with Gasteiger partial charge in [0.05, 0.1) is 5.75 Å². The Bertz CT molecular complexity index is 340. The molecule has 1 saturated heterocycles. The van der Waals surface area contributed by atoms with Gasteiger partial charge >= 0.3 is 6.18 Å². The summed E-state index contributed by atoms with van der Waals surface area (Å²) < 4.78 is 62.5. The number of nitrogens with zero attached hydrogens (tertiary/aromatic N) is 1. The van der Waals surface area contributed by atoms with E-state index >= 15 is 0 Å². The zero-order chi connectivity index (χ0) is 13.1. The third kappa shape index (κ3) is 3.84. The molecule has 1 aliphatic rings. The van der Waals surface area contributed by atoms with Crippen molar-refractivity contribution >= 4 is 10.0 Å². The number of sulfonamides is 1. The lowest BCUT2D eigenvalue weighted by atomic mass is 10.1. The van der Waals surface area contributed by atoms with Gasteiger partial charge in [-0.25, -0.2) is 8.42 Å². The predicted octanol–water partition coefficient (Wildman–Crippen LogP) is 2.53. The highest BCUT2D eigenvalue weighted by Gasteiger charge is 2.48. The maximum atomic E-state index is 12.7. The Morgan fingerprint density at radius 3 is 2.47 bits per heavy atom. The monoisotopic (exact) mass is 273 g/mol. The van der Waals surface area contributed by atoms with E-state index in [1.54, 1.807) is 0 Å². The number of unbranched alkanes of at least 4 members (excludes halogenated alkanes) is 1. The Labute approximate surface area is 100 Å². The molecule has 1 heterocycles. The van der Waals surface area contributed by atoms with E-state index in [1.165, 1.54) is 0 Å². The number of halogens is 3. The van der Waals surface area contributed by atoms with Crippen molar-refractivity contribution in [3.05, 3.63) is 0 Å². The van der Waals surface area contributed by atoms with Crippen molar-refractivity contribution in [2.24, 2.45) is 0 Å². The lowest BCUT2D eigenvalue weighted by Gasteiger charge is -2.35. The fourth-order valence-corrected chi connectivity index (χ4v) is 3.92. The number of alkyl halides is 3. The van der Waals surface area contributed by atoms with Gasteiger partial charge in [-0.15, -0.1) is 0 Å². The Hall–Kier alpha value is -0.300. The fraction of sp³-hybridized carbons (Fsp3) is 1.00. The molecule has 102 valence electrons. The molecular weight excluding hydrogens is 255 g/mol. The molecule has 0 radical (unpaired) electrons. The summed E-state index contributed by atoms with van der Waals surface area (Å²) in [7, 11) is -3.76. The minimum atomic E-state index is -4.46. The average Bonchev–Trinajstić information content (AvgIpc) is 2.25. The van der Waals surface area contributed by atoms with Gasteiger partial charge < -0.3 is 0 Å². The van der Waals surface area contributed by atoms with Gasteiger partial charge in [-0.2, -0.15) is 17.5 Å². The van der Waals surface area contributed by atoms with Crippen molar-refractivity contribution in [1.29, 1.82) is 0 Å². The molecule has 0 amide bonds. The normalized spacial score (nSPS) is 23.9. The topological polar surface area (TPSA) is 37.4 Å². The standard InChI is InChI=1S/C10H18F3NO2S/c1-2-3-8-17(15,16)14-7-5-4-6-9(14)10(11,12)13/h9H,2-8H2,1H3.